The maximum atomic E-state index is 13.6. The first-order chi connectivity index (χ1) is 12.7. The highest BCUT2D eigenvalue weighted by atomic mass is 19.4. The second-order valence-corrected chi connectivity index (χ2v) is 5.89. The number of hydrogen-bond acceptors (Lipinski definition) is 4. The second-order valence-electron chi connectivity index (χ2n) is 5.89. The van der Waals surface area contributed by atoms with E-state index >= 15 is 0 Å². The van der Waals surface area contributed by atoms with Crippen molar-refractivity contribution in [3.63, 3.8) is 0 Å². The van der Waals surface area contributed by atoms with Crippen LogP contribution < -0.4 is 4.74 Å². The number of hydrazone groups is 1. The van der Waals surface area contributed by atoms with Crippen LogP contribution in [0.3, 0.4) is 0 Å². The van der Waals surface area contributed by atoms with E-state index in [2.05, 4.69) is 5.10 Å². The SMILES string of the molecule is COc1cccc(C(=O)N2N=C(c3ccc(F)cc3)C[C@]2(O)C(F)(F)F)c1. The molecule has 0 aliphatic carbocycles. The molecule has 0 fully saturated rings. The predicted molar refractivity (Wildman–Crippen MR) is 87.7 cm³/mol. The van der Waals surface area contributed by atoms with Gasteiger partial charge in [0.15, 0.2) is 0 Å². The lowest BCUT2D eigenvalue weighted by Gasteiger charge is -2.32. The van der Waals surface area contributed by atoms with Crippen LogP contribution in [0.5, 0.6) is 5.75 Å². The van der Waals surface area contributed by atoms with Crippen molar-refractivity contribution in [2.45, 2.75) is 18.3 Å². The lowest BCUT2D eigenvalue weighted by Crippen LogP contribution is -2.56. The Morgan fingerprint density at radius 2 is 1.89 bits per heavy atom. The number of rotatable bonds is 3. The Morgan fingerprint density at radius 3 is 2.48 bits per heavy atom. The summed E-state index contributed by atoms with van der Waals surface area (Å²) in [7, 11) is 1.34. The number of carbonyl (C=O) groups excluding carboxylic acids is 1. The van der Waals surface area contributed by atoms with Crippen molar-refractivity contribution < 1.29 is 32.2 Å². The van der Waals surface area contributed by atoms with Gasteiger partial charge in [-0.3, -0.25) is 4.79 Å². The summed E-state index contributed by atoms with van der Waals surface area (Å²) in [4.78, 5) is 12.7. The molecule has 1 amide bonds. The molecule has 3 rings (SSSR count). The van der Waals surface area contributed by atoms with Gasteiger partial charge >= 0.3 is 6.18 Å². The highest BCUT2D eigenvalue weighted by Gasteiger charge is 2.63. The van der Waals surface area contributed by atoms with Gasteiger partial charge in [-0.05, 0) is 35.9 Å². The van der Waals surface area contributed by atoms with Crippen molar-refractivity contribution in [1.82, 2.24) is 5.01 Å². The van der Waals surface area contributed by atoms with Gasteiger partial charge < -0.3 is 9.84 Å². The third-order valence-corrected chi connectivity index (χ3v) is 4.13. The number of aliphatic hydroxyl groups is 1. The molecule has 0 saturated heterocycles. The van der Waals surface area contributed by atoms with Crippen molar-refractivity contribution in [1.29, 1.82) is 0 Å². The number of amides is 1. The fourth-order valence-corrected chi connectivity index (χ4v) is 2.66. The Morgan fingerprint density at radius 1 is 1.22 bits per heavy atom. The van der Waals surface area contributed by atoms with Gasteiger partial charge in [0.1, 0.15) is 11.6 Å². The highest BCUT2D eigenvalue weighted by molar-refractivity contribution is 6.05. The molecule has 0 spiro atoms. The third-order valence-electron chi connectivity index (χ3n) is 4.13. The van der Waals surface area contributed by atoms with Crippen molar-refractivity contribution in [3.8, 4) is 5.75 Å². The van der Waals surface area contributed by atoms with Gasteiger partial charge in [0.05, 0.1) is 19.2 Å². The number of alkyl halides is 3. The summed E-state index contributed by atoms with van der Waals surface area (Å²) in [5.74, 6) is -1.46. The maximum absolute atomic E-state index is 13.6. The quantitative estimate of drug-likeness (QED) is 0.829. The minimum absolute atomic E-state index is 0.0143. The zero-order valence-corrected chi connectivity index (χ0v) is 14.0. The standard InChI is InChI=1S/C18H14F4N2O3/c1-27-14-4-2-3-12(9-14)16(25)24-17(26,18(20,21)22)10-15(23-24)11-5-7-13(19)8-6-11/h2-9,26H,10H2,1H3/t17-/m0/s1. The lowest BCUT2D eigenvalue weighted by molar-refractivity contribution is -0.297. The van der Waals surface area contributed by atoms with Gasteiger partial charge in [0, 0.05) is 5.56 Å². The Labute approximate surface area is 151 Å². The molecule has 0 saturated carbocycles. The first-order valence-corrected chi connectivity index (χ1v) is 7.77. The minimum atomic E-state index is -5.16. The lowest BCUT2D eigenvalue weighted by atomic mass is 10.0. The number of ether oxygens (including phenoxy) is 1. The van der Waals surface area contributed by atoms with E-state index in [1.165, 1.54) is 43.5 Å². The van der Waals surface area contributed by atoms with Crippen molar-refractivity contribution >= 4 is 11.6 Å². The van der Waals surface area contributed by atoms with Crippen molar-refractivity contribution in [2.24, 2.45) is 5.10 Å². The fourth-order valence-electron chi connectivity index (χ4n) is 2.66. The first kappa shape index (κ1) is 18.8. The summed E-state index contributed by atoms with van der Waals surface area (Å²) >= 11 is 0. The van der Waals surface area contributed by atoms with E-state index in [1.807, 2.05) is 0 Å². The van der Waals surface area contributed by atoms with Gasteiger partial charge in [0.25, 0.3) is 11.6 Å². The van der Waals surface area contributed by atoms with Crippen LogP contribution in [0.4, 0.5) is 17.6 Å². The molecule has 142 valence electrons. The normalized spacial score (nSPS) is 19.8. The Balaban J connectivity index is 2.04. The molecule has 5 nitrogen and oxygen atoms in total. The van der Waals surface area contributed by atoms with E-state index in [9.17, 15) is 27.5 Å². The molecule has 0 aromatic heterocycles. The van der Waals surface area contributed by atoms with Crippen LogP contribution in [0.2, 0.25) is 0 Å². The number of carbonyl (C=O) groups is 1. The Bertz CT molecular complexity index is 896. The Kier molecular flexibility index (Phi) is 4.64. The summed E-state index contributed by atoms with van der Waals surface area (Å²) in [6, 6.07) is 10.0. The zero-order valence-electron chi connectivity index (χ0n) is 14.0. The average molecular weight is 382 g/mol. The fraction of sp³-hybridized carbons (Fsp3) is 0.222. The maximum Gasteiger partial charge on any atom is 0.438 e. The molecule has 9 heteroatoms. The average Bonchev–Trinajstić information content (AvgIpc) is 3.00. The number of methoxy groups -OCH3 is 1. The highest BCUT2D eigenvalue weighted by Crippen LogP contribution is 2.42. The number of nitrogens with zero attached hydrogens (tertiary/aromatic N) is 2. The van der Waals surface area contributed by atoms with Crippen LogP contribution in [0.15, 0.2) is 53.6 Å². The largest absolute Gasteiger partial charge is 0.497 e. The van der Waals surface area contributed by atoms with E-state index in [1.54, 1.807) is 0 Å². The molecule has 1 N–H and O–H groups in total. The van der Waals surface area contributed by atoms with E-state index in [-0.39, 0.29) is 27.6 Å². The first-order valence-electron chi connectivity index (χ1n) is 7.77. The number of hydrogen-bond donors (Lipinski definition) is 1. The summed E-state index contributed by atoms with van der Waals surface area (Å²) in [5.41, 5.74) is -3.68. The Hall–Kier alpha value is -2.94. The van der Waals surface area contributed by atoms with E-state index in [0.29, 0.717) is 0 Å². The number of benzene rings is 2. The van der Waals surface area contributed by atoms with Crippen LogP contribution in [0, 0.1) is 5.82 Å². The minimum Gasteiger partial charge on any atom is -0.497 e. The van der Waals surface area contributed by atoms with E-state index in [0.717, 1.165) is 12.1 Å². The molecule has 1 atom stereocenters. The van der Waals surface area contributed by atoms with Crippen LogP contribution in [-0.4, -0.2) is 40.7 Å². The van der Waals surface area contributed by atoms with Crippen LogP contribution >= 0.6 is 0 Å². The molecule has 2 aromatic carbocycles. The number of halogens is 4. The monoisotopic (exact) mass is 382 g/mol. The van der Waals surface area contributed by atoms with E-state index in [4.69, 9.17) is 4.74 Å². The molecular formula is C18H14F4N2O3. The predicted octanol–water partition coefficient (Wildman–Crippen LogP) is 3.34. The van der Waals surface area contributed by atoms with Gasteiger partial charge in [-0.1, -0.05) is 18.2 Å². The molecule has 0 unspecified atom stereocenters. The third kappa shape index (κ3) is 3.37. The molecule has 1 aliphatic rings. The molecule has 1 heterocycles. The van der Waals surface area contributed by atoms with Gasteiger partial charge in [-0.2, -0.15) is 23.3 Å². The molecule has 27 heavy (non-hydrogen) atoms. The molecular weight excluding hydrogens is 368 g/mol. The molecule has 0 bridgehead atoms. The van der Waals surface area contributed by atoms with Crippen LogP contribution in [-0.2, 0) is 0 Å². The van der Waals surface area contributed by atoms with Crippen molar-refractivity contribution in [2.75, 3.05) is 7.11 Å². The summed E-state index contributed by atoms with van der Waals surface area (Å²) < 4.78 is 58.7. The topological polar surface area (TPSA) is 62.1 Å². The van der Waals surface area contributed by atoms with E-state index < -0.39 is 30.0 Å². The van der Waals surface area contributed by atoms with Crippen molar-refractivity contribution in [3.05, 3.63) is 65.5 Å². The van der Waals surface area contributed by atoms with Crippen LogP contribution in [0.25, 0.3) is 0 Å². The molecule has 2 aromatic rings. The molecule has 0 radical (unpaired) electrons. The summed E-state index contributed by atoms with van der Waals surface area (Å²) in [6.45, 7) is 0. The van der Waals surface area contributed by atoms with Crippen LogP contribution in [0.1, 0.15) is 22.3 Å². The van der Waals surface area contributed by atoms with Gasteiger partial charge in [0.2, 0.25) is 0 Å². The second kappa shape index (κ2) is 6.66. The smallest absolute Gasteiger partial charge is 0.438 e. The van der Waals surface area contributed by atoms with Gasteiger partial charge in [-0.15, -0.1) is 0 Å². The van der Waals surface area contributed by atoms with Gasteiger partial charge in [-0.25, -0.2) is 4.39 Å². The zero-order chi connectivity index (χ0) is 19.8. The summed E-state index contributed by atoms with van der Waals surface area (Å²) in [6.07, 6.45) is -6.13. The summed E-state index contributed by atoms with van der Waals surface area (Å²) in [5, 5.41) is 14.0. The molecule has 1 aliphatic heterocycles.